The molecule has 0 fully saturated rings. The van der Waals surface area contributed by atoms with E-state index in [0.717, 1.165) is 0 Å². The summed E-state index contributed by atoms with van der Waals surface area (Å²) in [5.74, 6) is 0. The van der Waals surface area contributed by atoms with E-state index in [-0.39, 0.29) is 13.2 Å². The van der Waals surface area contributed by atoms with E-state index in [0.29, 0.717) is 13.2 Å². The quantitative estimate of drug-likeness (QED) is 0.297. The Balaban J connectivity index is 0. The summed E-state index contributed by atoms with van der Waals surface area (Å²) in [6, 6.07) is 0. The van der Waals surface area contributed by atoms with Crippen molar-refractivity contribution in [1.82, 2.24) is 0 Å². The Morgan fingerprint density at radius 1 is 1.09 bits per heavy atom. The van der Waals surface area contributed by atoms with Gasteiger partial charge in [0.05, 0.1) is 26.4 Å². The molecule has 0 saturated heterocycles. The number of aliphatic hydroxyl groups is 4. The Morgan fingerprint density at radius 3 is 1.55 bits per heavy atom. The number of hydrogen-bond acceptors (Lipinski definition) is 5. The fourth-order valence-corrected chi connectivity index (χ4v) is 0.231. The maximum atomic E-state index is 8.09. The van der Waals surface area contributed by atoms with Crippen LogP contribution in [0.2, 0.25) is 0 Å². The van der Waals surface area contributed by atoms with Gasteiger partial charge < -0.3 is 25.2 Å². The van der Waals surface area contributed by atoms with Gasteiger partial charge in [-0.05, 0) is 6.92 Å². The van der Waals surface area contributed by atoms with Gasteiger partial charge >= 0.3 is 0 Å². The zero-order valence-electron chi connectivity index (χ0n) is 6.60. The summed E-state index contributed by atoms with van der Waals surface area (Å²) in [5, 5.41) is 31.4. The van der Waals surface area contributed by atoms with E-state index in [4.69, 9.17) is 20.4 Å². The smallest absolute Gasteiger partial charge is 0.148 e. The predicted octanol–water partition coefficient (Wildman–Crippen LogP) is -1.70. The van der Waals surface area contributed by atoms with Crippen LogP contribution in [0, 0.1) is 0 Å². The summed E-state index contributed by atoms with van der Waals surface area (Å²) in [6.45, 7) is 1.97. The number of rotatable bonds is 4. The van der Waals surface area contributed by atoms with Crippen molar-refractivity contribution in [1.29, 1.82) is 0 Å². The summed E-state index contributed by atoms with van der Waals surface area (Å²) in [5.41, 5.74) is 0. The molecule has 0 bridgehead atoms. The molecule has 70 valence electrons. The largest absolute Gasteiger partial charge is 0.394 e. The molecule has 0 aromatic heterocycles. The maximum absolute atomic E-state index is 8.09. The van der Waals surface area contributed by atoms with Crippen LogP contribution in [-0.2, 0) is 4.74 Å². The topological polar surface area (TPSA) is 90.2 Å². The molecular formula is C6H16O5. The molecule has 5 heteroatoms. The SMILES string of the molecule is CC(O)O.OCCOCCO. The highest BCUT2D eigenvalue weighted by molar-refractivity contribution is 4.24. The molecule has 0 spiro atoms. The third-order valence-electron chi connectivity index (χ3n) is 0.471. The number of ether oxygens (including phenoxy) is 1. The van der Waals surface area contributed by atoms with Gasteiger partial charge in [0, 0.05) is 0 Å². The highest BCUT2D eigenvalue weighted by atomic mass is 16.5. The van der Waals surface area contributed by atoms with Crippen molar-refractivity contribution in [2.45, 2.75) is 13.2 Å². The van der Waals surface area contributed by atoms with E-state index in [1.807, 2.05) is 0 Å². The molecule has 0 saturated carbocycles. The molecule has 0 atom stereocenters. The zero-order valence-corrected chi connectivity index (χ0v) is 6.60. The van der Waals surface area contributed by atoms with Gasteiger partial charge in [0.15, 0.2) is 0 Å². The lowest BCUT2D eigenvalue weighted by Gasteiger charge is -1.94. The number of hydrogen-bond donors (Lipinski definition) is 4. The van der Waals surface area contributed by atoms with Crippen molar-refractivity contribution in [2.24, 2.45) is 0 Å². The summed E-state index contributed by atoms with van der Waals surface area (Å²) in [4.78, 5) is 0. The van der Waals surface area contributed by atoms with Gasteiger partial charge in [-0.25, -0.2) is 0 Å². The Labute approximate surface area is 65.9 Å². The molecule has 0 aromatic carbocycles. The first-order valence-electron chi connectivity index (χ1n) is 3.30. The highest BCUT2D eigenvalue weighted by Gasteiger charge is 1.79. The Bertz CT molecular complexity index is 50.2. The van der Waals surface area contributed by atoms with Crippen LogP contribution >= 0.6 is 0 Å². The summed E-state index contributed by atoms with van der Waals surface area (Å²) in [6.07, 6.45) is -1.17. The van der Waals surface area contributed by atoms with E-state index >= 15 is 0 Å². The molecule has 0 radical (unpaired) electrons. The fourth-order valence-electron chi connectivity index (χ4n) is 0.231. The van der Waals surface area contributed by atoms with Gasteiger partial charge in [-0.1, -0.05) is 0 Å². The first kappa shape index (κ1) is 13.4. The Hall–Kier alpha value is -0.200. The minimum atomic E-state index is -1.17. The Morgan fingerprint density at radius 2 is 1.36 bits per heavy atom. The van der Waals surface area contributed by atoms with Crippen LogP contribution in [0.1, 0.15) is 6.92 Å². The van der Waals surface area contributed by atoms with Crippen LogP contribution < -0.4 is 0 Å². The molecule has 0 unspecified atom stereocenters. The second-order valence-electron chi connectivity index (χ2n) is 1.69. The van der Waals surface area contributed by atoms with Crippen LogP contribution in [0.4, 0.5) is 0 Å². The van der Waals surface area contributed by atoms with Crippen LogP contribution in [0.5, 0.6) is 0 Å². The maximum Gasteiger partial charge on any atom is 0.148 e. The molecule has 0 amide bonds. The van der Waals surface area contributed by atoms with Gasteiger partial charge in [-0.2, -0.15) is 0 Å². The van der Waals surface area contributed by atoms with Crippen LogP contribution in [0.25, 0.3) is 0 Å². The van der Waals surface area contributed by atoms with Crippen molar-refractivity contribution in [2.75, 3.05) is 26.4 Å². The highest BCUT2D eigenvalue weighted by Crippen LogP contribution is 1.68. The monoisotopic (exact) mass is 168 g/mol. The van der Waals surface area contributed by atoms with Gasteiger partial charge in [-0.15, -0.1) is 0 Å². The van der Waals surface area contributed by atoms with Gasteiger partial charge in [0.25, 0.3) is 0 Å². The van der Waals surface area contributed by atoms with E-state index in [9.17, 15) is 0 Å². The lowest BCUT2D eigenvalue weighted by atomic mass is 10.7. The molecule has 0 aliphatic heterocycles. The first-order valence-corrected chi connectivity index (χ1v) is 3.30. The van der Waals surface area contributed by atoms with Crippen molar-refractivity contribution in [3.63, 3.8) is 0 Å². The molecule has 0 aliphatic rings. The van der Waals surface area contributed by atoms with E-state index in [1.165, 1.54) is 6.92 Å². The molecule has 0 heterocycles. The number of aliphatic hydroxyl groups excluding tert-OH is 3. The second-order valence-corrected chi connectivity index (χ2v) is 1.69. The fraction of sp³-hybridized carbons (Fsp3) is 1.00. The van der Waals surface area contributed by atoms with Crippen LogP contribution in [0.3, 0.4) is 0 Å². The van der Waals surface area contributed by atoms with Gasteiger partial charge in [-0.3, -0.25) is 0 Å². The van der Waals surface area contributed by atoms with Crippen molar-refractivity contribution in [3.05, 3.63) is 0 Å². The van der Waals surface area contributed by atoms with Crippen molar-refractivity contribution in [3.8, 4) is 0 Å². The van der Waals surface area contributed by atoms with Crippen molar-refractivity contribution >= 4 is 0 Å². The second kappa shape index (κ2) is 12.5. The Kier molecular flexibility index (Phi) is 15.2. The third-order valence-corrected chi connectivity index (χ3v) is 0.471. The molecule has 0 aliphatic carbocycles. The molecule has 4 N–H and O–H groups in total. The molecule has 0 aromatic rings. The van der Waals surface area contributed by atoms with E-state index in [1.54, 1.807) is 0 Å². The predicted molar refractivity (Wildman–Crippen MR) is 38.9 cm³/mol. The minimum Gasteiger partial charge on any atom is -0.394 e. The normalized spacial score (nSPS) is 9.27. The molecule has 11 heavy (non-hydrogen) atoms. The third kappa shape index (κ3) is 41.3. The molecular weight excluding hydrogens is 152 g/mol. The molecule has 5 nitrogen and oxygen atoms in total. The average molecular weight is 168 g/mol. The van der Waals surface area contributed by atoms with Gasteiger partial charge in [0.1, 0.15) is 6.29 Å². The van der Waals surface area contributed by atoms with Crippen molar-refractivity contribution < 1.29 is 25.2 Å². The van der Waals surface area contributed by atoms with Gasteiger partial charge in [0.2, 0.25) is 0 Å². The minimum absolute atomic E-state index is 0.0278. The summed E-state index contributed by atoms with van der Waals surface area (Å²) in [7, 11) is 0. The first-order chi connectivity index (χ1) is 5.15. The zero-order chi connectivity index (χ0) is 9.11. The lowest BCUT2D eigenvalue weighted by Crippen LogP contribution is -2.03. The van der Waals surface area contributed by atoms with Crippen LogP contribution in [-0.4, -0.2) is 53.1 Å². The summed E-state index contributed by atoms with van der Waals surface area (Å²) >= 11 is 0. The average Bonchev–Trinajstić information content (AvgIpc) is 1.88. The standard InChI is InChI=1S/C4H10O3.C2H6O2/c5-1-3-7-4-2-6;1-2(3)4/h5-6H,1-4H2;2-4H,1H3. The van der Waals surface area contributed by atoms with E-state index < -0.39 is 6.29 Å². The van der Waals surface area contributed by atoms with E-state index in [2.05, 4.69) is 4.74 Å². The van der Waals surface area contributed by atoms with Crippen LogP contribution in [0.15, 0.2) is 0 Å². The lowest BCUT2D eigenvalue weighted by molar-refractivity contribution is -0.0228. The summed E-state index contributed by atoms with van der Waals surface area (Å²) < 4.78 is 4.63. The molecule has 0 rings (SSSR count).